The van der Waals surface area contributed by atoms with Gasteiger partial charge in [-0.05, 0) is 39.8 Å². The Labute approximate surface area is 127 Å². The zero-order valence-electron chi connectivity index (χ0n) is 13.5. The largest absolute Gasteiger partial charge is 0.360 e. The Hall–Kier alpha value is -1.91. The van der Waals surface area contributed by atoms with Crippen LogP contribution in [0.2, 0.25) is 0 Å². The molecular weight excluding hydrogens is 264 g/mol. The summed E-state index contributed by atoms with van der Waals surface area (Å²) in [5.41, 5.74) is 0. The van der Waals surface area contributed by atoms with Crippen LogP contribution in [0.4, 0.5) is 5.82 Å². The summed E-state index contributed by atoms with van der Waals surface area (Å²) in [6.07, 6.45) is 2.03. The quantitative estimate of drug-likeness (QED) is 0.573. The van der Waals surface area contributed by atoms with Crippen LogP contribution in [0.3, 0.4) is 0 Å². The standard InChI is InChI=1S/C16H26N4O/c1-5-19(6-2)15(13-16(21)20(7-3)8-4)18-14-11-9-10-12-17-14/h9-12H,5-8,13H2,1-4H3/b18-15+. The second-order valence-electron chi connectivity index (χ2n) is 4.63. The van der Waals surface area contributed by atoms with Crippen molar-refractivity contribution in [2.24, 2.45) is 4.99 Å². The zero-order chi connectivity index (χ0) is 15.7. The van der Waals surface area contributed by atoms with E-state index in [1.54, 1.807) is 6.20 Å². The monoisotopic (exact) mass is 290 g/mol. The van der Waals surface area contributed by atoms with Gasteiger partial charge in [-0.1, -0.05) is 6.07 Å². The molecule has 0 N–H and O–H groups in total. The number of hydrogen-bond acceptors (Lipinski definition) is 3. The average Bonchev–Trinajstić information content (AvgIpc) is 2.50. The number of amides is 1. The fraction of sp³-hybridized carbons (Fsp3) is 0.562. The van der Waals surface area contributed by atoms with Gasteiger partial charge in [-0.15, -0.1) is 0 Å². The molecule has 0 radical (unpaired) electrons. The second kappa shape index (κ2) is 9.10. The molecule has 0 saturated carbocycles. The highest BCUT2D eigenvalue weighted by atomic mass is 16.2. The molecule has 1 heterocycles. The van der Waals surface area contributed by atoms with Crippen molar-refractivity contribution in [1.29, 1.82) is 0 Å². The predicted molar refractivity (Wildman–Crippen MR) is 86.8 cm³/mol. The van der Waals surface area contributed by atoms with Crippen LogP contribution < -0.4 is 0 Å². The van der Waals surface area contributed by atoms with E-state index in [2.05, 4.69) is 28.7 Å². The molecule has 0 aromatic carbocycles. The smallest absolute Gasteiger partial charge is 0.230 e. The highest BCUT2D eigenvalue weighted by molar-refractivity contribution is 6.00. The third-order valence-corrected chi connectivity index (χ3v) is 3.45. The summed E-state index contributed by atoms with van der Waals surface area (Å²) in [5.74, 6) is 1.55. The summed E-state index contributed by atoms with van der Waals surface area (Å²) < 4.78 is 0. The fourth-order valence-corrected chi connectivity index (χ4v) is 2.19. The summed E-state index contributed by atoms with van der Waals surface area (Å²) in [6, 6.07) is 5.61. The van der Waals surface area contributed by atoms with E-state index < -0.39 is 0 Å². The van der Waals surface area contributed by atoms with Gasteiger partial charge in [0.15, 0.2) is 5.82 Å². The minimum absolute atomic E-state index is 0.113. The lowest BCUT2D eigenvalue weighted by atomic mass is 10.3. The molecule has 0 atom stereocenters. The predicted octanol–water partition coefficient (Wildman–Crippen LogP) is 2.71. The zero-order valence-corrected chi connectivity index (χ0v) is 13.5. The molecule has 1 rings (SSSR count). The molecule has 0 aliphatic rings. The van der Waals surface area contributed by atoms with Crippen molar-refractivity contribution in [3.8, 4) is 0 Å². The van der Waals surface area contributed by atoms with Crippen LogP contribution in [0, 0.1) is 0 Å². The average molecular weight is 290 g/mol. The van der Waals surface area contributed by atoms with Gasteiger partial charge in [0.05, 0.1) is 6.42 Å². The number of amidine groups is 1. The van der Waals surface area contributed by atoms with Gasteiger partial charge in [-0.2, -0.15) is 0 Å². The van der Waals surface area contributed by atoms with Crippen molar-refractivity contribution in [2.75, 3.05) is 26.2 Å². The first-order valence-electron chi connectivity index (χ1n) is 7.67. The molecule has 0 spiro atoms. The highest BCUT2D eigenvalue weighted by Crippen LogP contribution is 2.10. The van der Waals surface area contributed by atoms with E-state index in [4.69, 9.17) is 0 Å². The maximum atomic E-state index is 12.3. The van der Waals surface area contributed by atoms with E-state index in [1.807, 2.05) is 36.9 Å². The molecule has 21 heavy (non-hydrogen) atoms. The number of hydrogen-bond donors (Lipinski definition) is 0. The maximum Gasteiger partial charge on any atom is 0.230 e. The maximum absolute atomic E-state index is 12.3. The first-order valence-corrected chi connectivity index (χ1v) is 7.67. The van der Waals surface area contributed by atoms with E-state index in [0.717, 1.165) is 32.0 Å². The van der Waals surface area contributed by atoms with Gasteiger partial charge in [0, 0.05) is 32.4 Å². The number of rotatable bonds is 7. The van der Waals surface area contributed by atoms with Crippen molar-refractivity contribution in [3.05, 3.63) is 24.4 Å². The Morgan fingerprint density at radius 3 is 2.14 bits per heavy atom. The summed E-state index contributed by atoms with van der Waals surface area (Å²) in [6.45, 7) is 11.2. The normalized spacial score (nSPS) is 11.3. The van der Waals surface area contributed by atoms with Crippen LogP contribution in [-0.4, -0.2) is 52.7 Å². The molecule has 0 fully saturated rings. The molecule has 5 heteroatoms. The number of carbonyl (C=O) groups excluding carboxylic acids is 1. The lowest BCUT2D eigenvalue weighted by Gasteiger charge is -2.25. The van der Waals surface area contributed by atoms with Crippen LogP contribution in [0.25, 0.3) is 0 Å². The Balaban J connectivity index is 2.98. The first-order chi connectivity index (χ1) is 10.2. The molecule has 0 unspecified atom stereocenters. The number of nitrogens with zero attached hydrogens (tertiary/aromatic N) is 4. The van der Waals surface area contributed by atoms with E-state index in [9.17, 15) is 4.79 Å². The van der Waals surface area contributed by atoms with Crippen molar-refractivity contribution < 1.29 is 4.79 Å². The molecule has 0 saturated heterocycles. The van der Waals surface area contributed by atoms with Crippen LogP contribution >= 0.6 is 0 Å². The van der Waals surface area contributed by atoms with Gasteiger partial charge in [0.2, 0.25) is 5.91 Å². The molecule has 0 aliphatic heterocycles. The minimum atomic E-state index is 0.113. The van der Waals surface area contributed by atoms with E-state index in [1.165, 1.54) is 0 Å². The molecule has 0 bridgehead atoms. The molecule has 1 aromatic heterocycles. The number of aromatic nitrogens is 1. The van der Waals surface area contributed by atoms with E-state index >= 15 is 0 Å². The Kier molecular flexibility index (Phi) is 7.43. The molecule has 116 valence electrons. The Morgan fingerprint density at radius 1 is 1.05 bits per heavy atom. The molecule has 0 aliphatic carbocycles. The van der Waals surface area contributed by atoms with Crippen LogP contribution in [0.5, 0.6) is 0 Å². The van der Waals surface area contributed by atoms with Gasteiger partial charge in [0.25, 0.3) is 0 Å². The number of pyridine rings is 1. The highest BCUT2D eigenvalue weighted by Gasteiger charge is 2.17. The van der Waals surface area contributed by atoms with E-state index in [-0.39, 0.29) is 5.91 Å². The number of aliphatic imine (C=N–C) groups is 1. The fourth-order valence-electron chi connectivity index (χ4n) is 2.19. The summed E-state index contributed by atoms with van der Waals surface area (Å²) in [4.78, 5) is 25.1. The summed E-state index contributed by atoms with van der Waals surface area (Å²) >= 11 is 0. The molecule has 5 nitrogen and oxygen atoms in total. The summed E-state index contributed by atoms with van der Waals surface area (Å²) in [7, 11) is 0. The van der Waals surface area contributed by atoms with Gasteiger partial charge in [0.1, 0.15) is 5.84 Å². The van der Waals surface area contributed by atoms with Crippen LogP contribution in [-0.2, 0) is 4.79 Å². The Morgan fingerprint density at radius 2 is 1.67 bits per heavy atom. The second-order valence-corrected chi connectivity index (χ2v) is 4.63. The van der Waals surface area contributed by atoms with Gasteiger partial charge in [-0.3, -0.25) is 4.79 Å². The van der Waals surface area contributed by atoms with Crippen LogP contribution in [0.15, 0.2) is 29.4 Å². The van der Waals surface area contributed by atoms with Crippen LogP contribution in [0.1, 0.15) is 34.1 Å². The Bertz CT molecular complexity index is 451. The lowest BCUT2D eigenvalue weighted by Crippen LogP contribution is -2.38. The van der Waals surface area contributed by atoms with Crippen molar-refractivity contribution in [2.45, 2.75) is 34.1 Å². The third-order valence-electron chi connectivity index (χ3n) is 3.45. The van der Waals surface area contributed by atoms with Crippen molar-refractivity contribution >= 4 is 17.6 Å². The molecule has 1 aromatic rings. The summed E-state index contributed by atoms with van der Waals surface area (Å²) in [5, 5.41) is 0. The van der Waals surface area contributed by atoms with Gasteiger partial charge >= 0.3 is 0 Å². The van der Waals surface area contributed by atoms with Crippen molar-refractivity contribution in [3.63, 3.8) is 0 Å². The SMILES string of the molecule is CCN(CC)C(=O)C/C(=N\c1ccccn1)N(CC)CC. The molecular formula is C16H26N4O. The van der Waals surface area contributed by atoms with Gasteiger partial charge in [-0.25, -0.2) is 9.98 Å². The lowest BCUT2D eigenvalue weighted by molar-refractivity contribution is -0.129. The number of carbonyl (C=O) groups is 1. The van der Waals surface area contributed by atoms with Gasteiger partial charge < -0.3 is 9.80 Å². The van der Waals surface area contributed by atoms with E-state index in [0.29, 0.717) is 12.2 Å². The van der Waals surface area contributed by atoms with Crippen molar-refractivity contribution in [1.82, 2.24) is 14.8 Å². The third kappa shape index (κ3) is 5.17. The molecule has 1 amide bonds. The first kappa shape index (κ1) is 17.1. The topological polar surface area (TPSA) is 48.8 Å². The minimum Gasteiger partial charge on any atom is -0.360 e.